The molecule has 0 spiro atoms. The van der Waals surface area contributed by atoms with Crippen LogP contribution in [-0.2, 0) is 0 Å². The second-order valence-electron chi connectivity index (χ2n) is 3.20. The number of nitrogens with one attached hydrogen (secondary N) is 1. The quantitative estimate of drug-likeness (QED) is 0.844. The van der Waals surface area contributed by atoms with E-state index in [9.17, 15) is 0 Å². The van der Waals surface area contributed by atoms with Crippen LogP contribution in [0.15, 0.2) is 10.7 Å². The van der Waals surface area contributed by atoms with E-state index >= 15 is 0 Å². The van der Waals surface area contributed by atoms with Gasteiger partial charge in [-0.25, -0.2) is 4.98 Å². The Morgan fingerprint density at radius 2 is 2.44 bits per heavy atom. The summed E-state index contributed by atoms with van der Waals surface area (Å²) in [6.07, 6.45) is 8.93. The van der Waals surface area contributed by atoms with Gasteiger partial charge >= 0.3 is 0 Å². The van der Waals surface area contributed by atoms with Gasteiger partial charge in [-0.15, -0.1) is 6.42 Å². The number of aromatic nitrogens is 2. The maximum Gasteiger partial charge on any atom is 0.232 e. The molecule has 0 radical (unpaired) electrons. The fourth-order valence-electron chi connectivity index (χ4n) is 1.21. The van der Waals surface area contributed by atoms with Gasteiger partial charge in [0.25, 0.3) is 0 Å². The Balaban J connectivity index is 2.77. The molecule has 0 aromatic carbocycles. The second-order valence-corrected chi connectivity index (χ2v) is 4.06. The van der Waals surface area contributed by atoms with Gasteiger partial charge in [0.15, 0.2) is 0 Å². The Labute approximate surface area is 104 Å². The van der Waals surface area contributed by atoms with E-state index in [1.165, 1.54) is 0 Å². The van der Waals surface area contributed by atoms with Crippen LogP contribution in [0, 0.1) is 12.3 Å². The number of ether oxygens (including phenoxy) is 1. The average molecular weight is 284 g/mol. The number of terminal acetylenes is 1. The van der Waals surface area contributed by atoms with Crippen molar-refractivity contribution in [1.82, 2.24) is 9.97 Å². The van der Waals surface area contributed by atoms with Crippen LogP contribution in [0.2, 0.25) is 0 Å². The van der Waals surface area contributed by atoms with E-state index < -0.39 is 0 Å². The van der Waals surface area contributed by atoms with Crippen LogP contribution in [-0.4, -0.2) is 23.1 Å². The molecule has 1 aromatic heterocycles. The second kappa shape index (κ2) is 6.33. The molecular formula is C11H14BrN3O. The maximum absolute atomic E-state index is 5.40. The maximum atomic E-state index is 5.40. The molecule has 1 atom stereocenters. The first-order valence-corrected chi connectivity index (χ1v) is 5.79. The molecule has 0 bridgehead atoms. The third kappa shape index (κ3) is 3.38. The zero-order chi connectivity index (χ0) is 12.0. The van der Waals surface area contributed by atoms with Crippen molar-refractivity contribution in [1.29, 1.82) is 0 Å². The van der Waals surface area contributed by atoms with Crippen molar-refractivity contribution in [2.24, 2.45) is 0 Å². The molecule has 0 amide bonds. The van der Waals surface area contributed by atoms with E-state index in [0.717, 1.165) is 12.8 Å². The number of hydrogen-bond donors (Lipinski definition) is 1. The molecular weight excluding hydrogens is 270 g/mol. The predicted octanol–water partition coefficient (Wildman–Crippen LogP) is 2.46. The largest absolute Gasteiger partial charge is 0.480 e. The van der Waals surface area contributed by atoms with Gasteiger partial charge in [0.2, 0.25) is 11.8 Å². The Bertz CT molecular complexity index is 389. The Kier molecular flexibility index (Phi) is 5.06. The molecule has 16 heavy (non-hydrogen) atoms. The minimum atomic E-state index is -0.0455. The van der Waals surface area contributed by atoms with Gasteiger partial charge in [-0.05, 0) is 22.4 Å². The molecule has 1 unspecified atom stereocenters. The lowest BCUT2D eigenvalue weighted by Gasteiger charge is -2.12. The summed E-state index contributed by atoms with van der Waals surface area (Å²) in [6.45, 7) is 2.08. The molecule has 0 saturated heterocycles. The number of rotatable bonds is 5. The van der Waals surface area contributed by atoms with Gasteiger partial charge in [0.05, 0.1) is 23.8 Å². The van der Waals surface area contributed by atoms with Crippen LogP contribution in [0.4, 0.5) is 5.95 Å². The van der Waals surface area contributed by atoms with Crippen molar-refractivity contribution in [2.45, 2.75) is 25.8 Å². The predicted molar refractivity (Wildman–Crippen MR) is 67.4 cm³/mol. The van der Waals surface area contributed by atoms with Gasteiger partial charge < -0.3 is 10.1 Å². The normalized spacial score (nSPS) is 11.6. The van der Waals surface area contributed by atoms with Crippen molar-refractivity contribution >= 4 is 21.9 Å². The third-order valence-electron chi connectivity index (χ3n) is 1.99. The van der Waals surface area contributed by atoms with Crippen molar-refractivity contribution in [3.05, 3.63) is 10.7 Å². The van der Waals surface area contributed by atoms with Gasteiger partial charge in [-0.2, -0.15) is 4.98 Å². The zero-order valence-corrected chi connectivity index (χ0v) is 10.9. The number of anilines is 1. The molecule has 0 fully saturated rings. The highest BCUT2D eigenvalue weighted by Crippen LogP contribution is 2.22. The van der Waals surface area contributed by atoms with E-state index in [1.54, 1.807) is 13.3 Å². The van der Waals surface area contributed by atoms with E-state index in [1.807, 2.05) is 0 Å². The smallest absolute Gasteiger partial charge is 0.232 e. The molecule has 5 heteroatoms. The molecule has 0 aliphatic carbocycles. The topological polar surface area (TPSA) is 47.0 Å². The number of hydrogen-bond acceptors (Lipinski definition) is 4. The third-order valence-corrected chi connectivity index (χ3v) is 2.53. The van der Waals surface area contributed by atoms with Gasteiger partial charge in [0.1, 0.15) is 0 Å². The summed E-state index contributed by atoms with van der Waals surface area (Å²) in [4.78, 5) is 8.29. The first-order chi connectivity index (χ1) is 7.71. The number of halogens is 1. The summed E-state index contributed by atoms with van der Waals surface area (Å²) >= 11 is 3.29. The lowest BCUT2D eigenvalue weighted by molar-refractivity contribution is 0.394. The van der Waals surface area contributed by atoms with Crippen LogP contribution in [0.5, 0.6) is 5.88 Å². The summed E-state index contributed by atoms with van der Waals surface area (Å²) in [6, 6.07) is -0.0455. The molecule has 0 saturated carbocycles. The van der Waals surface area contributed by atoms with Gasteiger partial charge in [-0.1, -0.05) is 19.3 Å². The summed E-state index contributed by atoms with van der Waals surface area (Å²) in [5.74, 6) is 3.63. The van der Waals surface area contributed by atoms with Crippen molar-refractivity contribution in [2.75, 3.05) is 12.4 Å². The highest BCUT2D eigenvalue weighted by molar-refractivity contribution is 9.10. The first-order valence-electron chi connectivity index (χ1n) is 5.00. The summed E-state index contributed by atoms with van der Waals surface area (Å²) in [5, 5.41) is 3.07. The SMILES string of the molecule is C#CC(CCC)Nc1ncc(Br)c(OC)n1. The highest BCUT2D eigenvalue weighted by atomic mass is 79.9. The van der Waals surface area contributed by atoms with Gasteiger partial charge in [0, 0.05) is 0 Å². The van der Waals surface area contributed by atoms with Crippen molar-refractivity contribution in [3.63, 3.8) is 0 Å². The molecule has 0 aliphatic heterocycles. The number of nitrogens with zero attached hydrogens (tertiary/aromatic N) is 2. The standard InChI is InChI=1S/C11H14BrN3O/c1-4-6-8(5-2)14-11-13-7-9(12)10(15-11)16-3/h2,7-8H,4,6H2,1,3H3,(H,13,14,15). The number of methoxy groups -OCH3 is 1. The van der Waals surface area contributed by atoms with Crippen molar-refractivity contribution < 1.29 is 4.74 Å². The molecule has 0 aliphatic rings. The van der Waals surface area contributed by atoms with Crippen LogP contribution in [0.25, 0.3) is 0 Å². The van der Waals surface area contributed by atoms with Crippen LogP contribution >= 0.6 is 15.9 Å². The van der Waals surface area contributed by atoms with Crippen molar-refractivity contribution in [3.8, 4) is 18.2 Å². The van der Waals surface area contributed by atoms with E-state index in [2.05, 4.69) is 44.1 Å². The summed E-state index contributed by atoms with van der Waals surface area (Å²) < 4.78 is 5.79. The van der Waals surface area contributed by atoms with Crippen LogP contribution in [0.1, 0.15) is 19.8 Å². The monoisotopic (exact) mass is 283 g/mol. The Morgan fingerprint density at radius 1 is 1.69 bits per heavy atom. The van der Waals surface area contributed by atoms with E-state index in [0.29, 0.717) is 16.3 Å². The Morgan fingerprint density at radius 3 is 3.00 bits per heavy atom. The van der Waals surface area contributed by atoms with Crippen LogP contribution < -0.4 is 10.1 Å². The summed E-state index contributed by atoms with van der Waals surface area (Å²) in [5.41, 5.74) is 0. The minimum absolute atomic E-state index is 0.0455. The lowest BCUT2D eigenvalue weighted by atomic mass is 10.2. The molecule has 1 heterocycles. The van der Waals surface area contributed by atoms with E-state index in [4.69, 9.17) is 11.2 Å². The Hall–Kier alpha value is -1.28. The highest BCUT2D eigenvalue weighted by Gasteiger charge is 2.08. The molecule has 86 valence electrons. The lowest BCUT2D eigenvalue weighted by Crippen LogP contribution is -2.18. The van der Waals surface area contributed by atoms with Gasteiger partial charge in [-0.3, -0.25) is 0 Å². The van der Waals surface area contributed by atoms with E-state index in [-0.39, 0.29) is 6.04 Å². The zero-order valence-electron chi connectivity index (χ0n) is 9.33. The minimum Gasteiger partial charge on any atom is -0.480 e. The first kappa shape index (κ1) is 12.8. The van der Waals surface area contributed by atoms with Crippen LogP contribution in [0.3, 0.4) is 0 Å². The fourth-order valence-corrected chi connectivity index (χ4v) is 1.56. The molecule has 4 nitrogen and oxygen atoms in total. The molecule has 1 N–H and O–H groups in total. The summed E-state index contributed by atoms with van der Waals surface area (Å²) in [7, 11) is 1.56. The molecule has 1 aromatic rings. The average Bonchev–Trinajstić information content (AvgIpc) is 2.30. The molecule has 1 rings (SSSR count). The fraction of sp³-hybridized carbons (Fsp3) is 0.455.